The molecule has 0 saturated heterocycles. The predicted octanol–water partition coefficient (Wildman–Crippen LogP) is 0.972. The molecule has 118 valence electrons. The van der Waals surface area contributed by atoms with E-state index in [1.807, 2.05) is 21.6 Å². The molecule has 3 aromatic rings. The lowest BCUT2D eigenvalue weighted by atomic mass is 10.1. The van der Waals surface area contributed by atoms with Crippen LogP contribution in [0.5, 0.6) is 0 Å². The summed E-state index contributed by atoms with van der Waals surface area (Å²) in [6.07, 6.45) is 3.72. The summed E-state index contributed by atoms with van der Waals surface area (Å²) >= 11 is 0. The van der Waals surface area contributed by atoms with Crippen LogP contribution in [-0.4, -0.2) is 41.3 Å². The molecule has 7 heteroatoms. The van der Waals surface area contributed by atoms with Gasteiger partial charge in [0.2, 0.25) is 0 Å². The maximum Gasteiger partial charge on any atom is 0.113 e. The van der Waals surface area contributed by atoms with Crippen molar-refractivity contribution in [2.24, 2.45) is 0 Å². The molecule has 1 aliphatic heterocycles. The number of aliphatic hydroxyl groups is 1. The average Bonchev–Trinajstić information content (AvgIpc) is 3.24. The molecule has 2 aromatic heterocycles. The van der Waals surface area contributed by atoms with Gasteiger partial charge in [-0.15, -0.1) is 5.10 Å². The van der Waals surface area contributed by atoms with Crippen LogP contribution in [0.1, 0.15) is 17.0 Å². The first kappa shape index (κ1) is 14.1. The monoisotopic (exact) mass is 310 g/mol. The van der Waals surface area contributed by atoms with Crippen molar-refractivity contribution >= 4 is 0 Å². The van der Waals surface area contributed by atoms with Gasteiger partial charge in [-0.05, 0) is 23.8 Å². The molecular formula is C16H18N6O. The third-order valence-electron chi connectivity index (χ3n) is 4.15. The van der Waals surface area contributed by atoms with Crippen molar-refractivity contribution in [1.82, 2.24) is 29.7 Å². The van der Waals surface area contributed by atoms with Crippen molar-refractivity contribution in [1.29, 1.82) is 0 Å². The minimum absolute atomic E-state index is 0.0576. The lowest BCUT2D eigenvalue weighted by molar-refractivity contribution is 0.200. The minimum atomic E-state index is -0.0576. The minimum Gasteiger partial charge on any atom is -0.390 e. The molecule has 0 atom stereocenters. The zero-order valence-corrected chi connectivity index (χ0v) is 12.7. The molecule has 0 unspecified atom stereocenters. The first-order chi connectivity index (χ1) is 11.3. The maximum absolute atomic E-state index is 9.36. The normalized spacial score (nSPS) is 14.8. The lowest BCUT2D eigenvalue weighted by Crippen LogP contribution is -2.33. The Morgan fingerprint density at radius 3 is 2.96 bits per heavy atom. The zero-order valence-electron chi connectivity index (χ0n) is 12.7. The molecular weight excluding hydrogens is 292 g/mol. The SMILES string of the molecule is OCc1nnn2c1CN(Cc1cccc(-n3cccn3)c1)CC2. The summed E-state index contributed by atoms with van der Waals surface area (Å²) < 4.78 is 3.75. The summed E-state index contributed by atoms with van der Waals surface area (Å²) in [5, 5.41) is 21.7. The van der Waals surface area contributed by atoms with Crippen LogP contribution in [0, 0.1) is 0 Å². The van der Waals surface area contributed by atoms with Crippen LogP contribution >= 0.6 is 0 Å². The Bertz CT molecular complexity index is 781. The summed E-state index contributed by atoms with van der Waals surface area (Å²) in [5.41, 5.74) is 4.00. The molecule has 0 radical (unpaired) electrons. The Kier molecular flexibility index (Phi) is 3.64. The van der Waals surface area contributed by atoms with Gasteiger partial charge in [0.15, 0.2) is 0 Å². The summed E-state index contributed by atoms with van der Waals surface area (Å²) in [6.45, 7) is 3.28. The Morgan fingerprint density at radius 1 is 1.17 bits per heavy atom. The Labute approximate surface area is 133 Å². The second-order valence-electron chi connectivity index (χ2n) is 5.70. The maximum atomic E-state index is 9.36. The lowest BCUT2D eigenvalue weighted by Gasteiger charge is -2.27. The zero-order chi connectivity index (χ0) is 15.6. The van der Waals surface area contributed by atoms with Gasteiger partial charge in [-0.2, -0.15) is 5.10 Å². The first-order valence-corrected chi connectivity index (χ1v) is 7.67. The molecule has 0 fully saturated rings. The molecule has 4 rings (SSSR count). The number of fused-ring (bicyclic) bond motifs is 1. The number of hydrogen-bond acceptors (Lipinski definition) is 5. The molecule has 0 saturated carbocycles. The van der Waals surface area contributed by atoms with Crippen molar-refractivity contribution in [3.05, 3.63) is 59.7 Å². The number of aliphatic hydroxyl groups excluding tert-OH is 1. The van der Waals surface area contributed by atoms with E-state index in [0.29, 0.717) is 5.69 Å². The summed E-state index contributed by atoms with van der Waals surface area (Å²) in [5.74, 6) is 0. The summed E-state index contributed by atoms with van der Waals surface area (Å²) in [4.78, 5) is 2.35. The smallest absolute Gasteiger partial charge is 0.113 e. The van der Waals surface area contributed by atoms with E-state index in [4.69, 9.17) is 0 Å². The fourth-order valence-electron chi connectivity index (χ4n) is 2.98. The van der Waals surface area contributed by atoms with Gasteiger partial charge in [0, 0.05) is 32.0 Å². The molecule has 0 aliphatic carbocycles. The molecule has 1 aromatic carbocycles. The number of nitrogens with zero attached hydrogens (tertiary/aromatic N) is 6. The number of benzene rings is 1. The predicted molar refractivity (Wildman–Crippen MR) is 83.6 cm³/mol. The van der Waals surface area contributed by atoms with Gasteiger partial charge in [0.25, 0.3) is 0 Å². The average molecular weight is 310 g/mol. The van der Waals surface area contributed by atoms with E-state index in [9.17, 15) is 5.11 Å². The largest absolute Gasteiger partial charge is 0.390 e. The Balaban J connectivity index is 1.52. The highest BCUT2D eigenvalue weighted by atomic mass is 16.3. The summed E-state index contributed by atoms with van der Waals surface area (Å²) in [7, 11) is 0. The number of hydrogen-bond donors (Lipinski definition) is 1. The van der Waals surface area contributed by atoms with Crippen molar-refractivity contribution < 1.29 is 5.11 Å². The van der Waals surface area contributed by atoms with Crippen LogP contribution in [0.2, 0.25) is 0 Å². The number of aromatic nitrogens is 5. The van der Waals surface area contributed by atoms with Gasteiger partial charge in [-0.25, -0.2) is 9.36 Å². The van der Waals surface area contributed by atoms with Gasteiger partial charge in [-0.1, -0.05) is 17.3 Å². The highest BCUT2D eigenvalue weighted by Gasteiger charge is 2.21. The van der Waals surface area contributed by atoms with Crippen LogP contribution in [0.3, 0.4) is 0 Å². The van der Waals surface area contributed by atoms with Crippen LogP contribution in [0.25, 0.3) is 5.69 Å². The van der Waals surface area contributed by atoms with E-state index in [1.54, 1.807) is 6.20 Å². The van der Waals surface area contributed by atoms with E-state index < -0.39 is 0 Å². The molecule has 0 bridgehead atoms. The second-order valence-corrected chi connectivity index (χ2v) is 5.70. The molecule has 0 amide bonds. The van der Waals surface area contributed by atoms with Crippen LogP contribution in [-0.2, 0) is 26.2 Å². The van der Waals surface area contributed by atoms with Crippen LogP contribution in [0.4, 0.5) is 0 Å². The topological polar surface area (TPSA) is 72.0 Å². The van der Waals surface area contributed by atoms with Gasteiger partial charge >= 0.3 is 0 Å². The van der Waals surface area contributed by atoms with Gasteiger partial charge < -0.3 is 5.11 Å². The van der Waals surface area contributed by atoms with Gasteiger partial charge in [-0.3, -0.25) is 4.90 Å². The summed E-state index contributed by atoms with van der Waals surface area (Å²) in [6, 6.07) is 10.3. The van der Waals surface area contributed by atoms with E-state index >= 15 is 0 Å². The number of rotatable bonds is 4. The molecule has 7 nitrogen and oxygen atoms in total. The van der Waals surface area contributed by atoms with E-state index in [2.05, 4.69) is 44.6 Å². The molecule has 0 spiro atoms. The highest BCUT2D eigenvalue weighted by molar-refractivity contribution is 5.35. The molecule has 23 heavy (non-hydrogen) atoms. The molecule has 1 aliphatic rings. The standard InChI is InChI=1S/C16H18N6O/c23-12-15-16-11-20(7-8-22(16)19-18-15)10-13-3-1-4-14(9-13)21-6-2-5-17-21/h1-6,9,23H,7-8,10-12H2. The highest BCUT2D eigenvalue weighted by Crippen LogP contribution is 2.18. The van der Waals surface area contributed by atoms with E-state index in [-0.39, 0.29) is 6.61 Å². The van der Waals surface area contributed by atoms with Crippen molar-refractivity contribution in [2.75, 3.05) is 6.54 Å². The third-order valence-corrected chi connectivity index (χ3v) is 4.15. The molecule has 1 N–H and O–H groups in total. The van der Waals surface area contributed by atoms with E-state index in [0.717, 1.165) is 37.6 Å². The van der Waals surface area contributed by atoms with Crippen molar-refractivity contribution in [3.63, 3.8) is 0 Å². The van der Waals surface area contributed by atoms with Crippen LogP contribution in [0.15, 0.2) is 42.7 Å². The van der Waals surface area contributed by atoms with Crippen LogP contribution < -0.4 is 0 Å². The van der Waals surface area contributed by atoms with E-state index in [1.165, 1.54) is 5.56 Å². The molecule has 3 heterocycles. The second kappa shape index (κ2) is 5.94. The van der Waals surface area contributed by atoms with Gasteiger partial charge in [0.1, 0.15) is 5.69 Å². The Hall–Kier alpha value is -2.51. The fraction of sp³-hybridized carbons (Fsp3) is 0.312. The third kappa shape index (κ3) is 2.76. The van der Waals surface area contributed by atoms with Crippen molar-refractivity contribution in [3.8, 4) is 5.69 Å². The first-order valence-electron chi connectivity index (χ1n) is 7.67. The van der Waals surface area contributed by atoms with Gasteiger partial charge in [0.05, 0.1) is 24.5 Å². The Morgan fingerprint density at radius 2 is 2.13 bits per heavy atom. The van der Waals surface area contributed by atoms with Crippen molar-refractivity contribution in [2.45, 2.75) is 26.2 Å². The quantitative estimate of drug-likeness (QED) is 0.777. The fourth-order valence-corrected chi connectivity index (χ4v) is 2.98.